The van der Waals surface area contributed by atoms with E-state index in [9.17, 15) is 13.2 Å². The summed E-state index contributed by atoms with van der Waals surface area (Å²) in [6.07, 6.45) is -0.304. The van der Waals surface area contributed by atoms with Crippen LogP contribution in [0.4, 0.5) is 13.2 Å². The van der Waals surface area contributed by atoms with Crippen molar-refractivity contribution in [2.75, 3.05) is 5.75 Å². The number of thioether (sulfide) groups is 1. The SMILES string of the molecule is CCSc1c(Cc2nc3ccncc3n2C(F)(F)F)nc2cc(Cl)ccn12. The molecule has 27 heavy (non-hydrogen) atoms. The molecule has 0 saturated carbocycles. The summed E-state index contributed by atoms with van der Waals surface area (Å²) in [4.78, 5) is 12.5. The fourth-order valence-electron chi connectivity index (χ4n) is 2.98. The predicted molar refractivity (Wildman–Crippen MR) is 98.2 cm³/mol. The van der Waals surface area contributed by atoms with Crippen molar-refractivity contribution < 1.29 is 13.2 Å². The normalized spacial score (nSPS) is 12.3. The van der Waals surface area contributed by atoms with Crippen molar-refractivity contribution >= 4 is 40.0 Å². The number of pyridine rings is 2. The molecule has 0 spiro atoms. The third kappa shape index (κ3) is 3.25. The van der Waals surface area contributed by atoms with Gasteiger partial charge in [0.2, 0.25) is 0 Å². The molecule has 4 rings (SSSR count). The monoisotopic (exact) mass is 411 g/mol. The first-order valence-corrected chi connectivity index (χ1v) is 9.42. The van der Waals surface area contributed by atoms with Crippen LogP contribution >= 0.6 is 23.4 Å². The minimum absolute atomic E-state index is 0.0597. The quantitative estimate of drug-likeness (QED) is 0.448. The Labute approximate surface area is 161 Å². The van der Waals surface area contributed by atoms with Gasteiger partial charge in [0.15, 0.2) is 0 Å². The number of fused-ring (bicyclic) bond motifs is 2. The zero-order valence-corrected chi connectivity index (χ0v) is 15.6. The van der Waals surface area contributed by atoms with Gasteiger partial charge in [-0.2, -0.15) is 0 Å². The summed E-state index contributed by atoms with van der Waals surface area (Å²) in [6.45, 7) is 1.97. The van der Waals surface area contributed by atoms with Crippen molar-refractivity contribution in [2.24, 2.45) is 0 Å². The first-order chi connectivity index (χ1) is 12.9. The van der Waals surface area contributed by atoms with Gasteiger partial charge in [0.05, 0.1) is 29.3 Å². The lowest BCUT2D eigenvalue weighted by molar-refractivity contribution is -0.202. The van der Waals surface area contributed by atoms with Crippen molar-refractivity contribution in [3.8, 4) is 0 Å². The molecule has 5 nitrogen and oxygen atoms in total. The van der Waals surface area contributed by atoms with E-state index in [2.05, 4.69) is 15.0 Å². The van der Waals surface area contributed by atoms with Crippen LogP contribution in [0.25, 0.3) is 16.7 Å². The number of nitrogens with zero attached hydrogens (tertiary/aromatic N) is 5. The van der Waals surface area contributed by atoms with E-state index in [1.54, 1.807) is 18.3 Å². The molecule has 0 N–H and O–H groups in total. The second-order valence-corrected chi connectivity index (χ2v) is 7.43. The van der Waals surface area contributed by atoms with Gasteiger partial charge in [-0.05, 0) is 17.9 Å². The summed E-state index contributed by atoms with van der Waals surface area (Å²) in [5.41, 5.74) is 1.29. The highest BCUT2D eigenvalue weighted by Crippen LogP contribution is 2.32. The second-order valence-electron chi connectivity index (χ2n) is 5.74. The average Bonchev–Trinajstić information content (AvgIpc) is 3.13. The summed E-state index contributed by atoms with van der Waals surface area (Å²) >= 11 is 7.53. The Kier molecular flexibility index (Phi) is 4.51. The Hall–Kier alpha value is -2.26. The van der Waals surface area contributed by atoms with E-state index in [0.29, 0.717) is 16.4 Å². The smallest absolute Gasteiger partial charge is 0.294 e. The Bertz CT molecular complexity index is 1130. The largest absolute Gasteiger partial charge is 0.490 e. The topological polar surface area (TPSA) is 48.0 Å². The van der Waals surface area contributed by atoms with Gasteiger partial charge in [-0.1, -0.05) is 18.5 Å². The van der Waals surface area contributed by atoms with E-state index in [-0.39, 0.29) is 27.8 Å². The van der Waals surface area contributed by atoms with Crippen LogP contribution < -0.4 is 0 Å². The summed E-state index contributed by atoms with van der Waals surface area (Å²) in [5.74, 6) is 0.626. The summed E-state index contributed by atoms with van der Waals surface area (Å²) in [7, 11) is 0. The van der Waals surface area contributed by atoms with E-state index >= 15 is 0 Å². The van der Waals surface area contributed by atoms with E-state index < -0.39 is 6.30 Å². The summed E-state index contributed by atoms with van der Waals surface area (Å²) in [5, 5.41) is 1.30. The van der Waals surface area contributed by atoms with Gasteiger partial charge in [-0.3, -0.25) is 9.38 Å². The van der Waals surface area contributed by atoms with Crippen LogP contribution in [0.1, 0.15) is 18.4 Å². The lowest BCUT2D eigenvalue weighted by Gasteiger charge is -2.12. The molecule has 4 aromatic rings. The highest BCUT2D eigenvalue weighted by Gasteiger charge is 2.36. The molecule has 140 valence electrons. The van der Waals surface area contributed by atoms with E-state index in [4.69, 9.17) is 11.6 Å². The molecule has 4 heterocycles. The van der Waals surface area contributed by atoms with Crippen molar-refractivity contribution in [1.82, 2.24) is 23.9 Å². The molecule has 0 aliphatic rings. The fraction of sp³-hybridized carbons (Fsp3) is 0.235. The molecule has 0 saturated heterocycles. The van der Waals surface area contributed by atoms with Gasteiger partial charge in [0.1, 0.15) is 16.5 Å². The number of hydrogen-bond acceptors (Lipinski definition) is 4. The Balaban J connectivity index is 1.88. The third-order valence-electron chi connectivity index (χ3n) is 4.00. The number of alkyl halides is 3. The molecule has 0 radical (unpaired) electrons. The molecule has 0 aliphatic carbocycles. The van der Waals surface area contributed by atoms with Crippen LogP contribution in [0.5, 0.6) is 0 Å². The maximum atomic E-state index is 13.7. The van der Waals surface area contributed by atoms with Gasteiger partial charge < -0.3 is 0 Å². The van der Waals surface area contributed by atoms with E-state index in [1.165, 1.54) is 30.2 Å². The number of imidazole rings is 2. The Morgan fingerprint density at radius 3 is 2.78 bits per heavy atom. The molecular formula is C17H13ClF3N5S. The number of halogens is 4. The Morgan fingerprint density at radius 1 is 1.22 bits per heavy atom. The zero-order valence-electron chi connectivity index (χ0n) is 14.0. The standard InChI is InChI=1S/C17H13ClF3N5S/c1-2-27-16-12(24-14-7-10(18)4-6-25(14)16)8-15-23-11-3-5-22-9-13(11)26(15)17(19,20)21/h3-7,9H,2,8H2,1H3. The van der Waals surface area contributed by atoms with Crippen LogP contribution in [0.15, 0.2) is 41.8 Å². The van der Waals surface area contributed by atoms with Crippen LogP contribution in [-0.2, 0) is 12.7 Å². The minimum atomic E-state index is -4.60. The van der Waals surface area contributed by atoms with Crippen molar-refractivity contribution in [3.63, 3.8) is 0 Å². The maximum absolute atomic E-state index is 13.7. The van der Waals surface area contributed by atoms with Crippen molar-refractivity contribution in [2.45, 2.75) is 24.7 Å². The van der Waals surface area contributed by atoms with Crippen LogP contribution in [-0.4, -0.2) is 29.7 Å². The van der Waals surface area contributed by atoms with Crippen molar-refractivity contribution in [3.05, 3.63) is 53.3 Å². The summed E-state index contributed by atoms with van der Waals surface area (Å²) < 4.78 is 43.1. The second kappa shape index (κ2) is 6.72. The average molecular weight is 412 g/mol. The van der Waals surface area contributed by atoms with E-state index in [1.807, 2.05) is 11.3 Å². The lowest BCUT2D eigenvalue weighted by atomic mass is 10.3. The van der Waals surface area contributed by atoms with Gasteiger partial charge in [-0.15, -0.1) is 24.9 Å². The third-order valence-corrected chi connectivity index (χ3v) is 5.23. The molecular weight excluding hydrogens is 399 g/mol. The minimum Gasteiger partial charge on any atom is -0.294 e. The number of rotatable bonds is 4. The molecule has 0 atom stereocenters. The number of hydrogen-bond donors (Lipinski definition) is 0. The van der Waals surface area contributed by atoms with Gasteiger partial charge >= 0.3 is 6.30 Å². The van der Waals surface area contributed by atoms with Gasteiger partial charge in [-0.25, -0.2) is 14.5 Å². The molecule has 0 bridgehead atoms. The molecule has 10 heteroatoms. The van der Waals surface area contributed by atoms with Gasteiger partial charge in [0.25, 0.3) is 0 Å². The first kappa shape index (κ1) is 18.1. The van der Waals surface area contributed by atoms with Crippen LogP contribution in [0.3, 0.4) is 0 Å². The molecule has 0 aliphatic heterocycles. The number of aromatic nitrogens is 5. The highest BCUT2D eigenvalue weighted by atomic mass is 35.5. The van der Waals surface area contributed by atoms with E-state index in [0.717, 1.165) is 10.8 Å². The predicted octanol–water partition coefficient (Wildman–Crippen LogP) is 4.91. The first-order valence-electron chi connectivity index (χ1n) is 8.06. The highest BCUT2D eigenvalue weighted by molar-refractivity contribution is 7.99. The van der Waals surface area contributed by atoms with Gasteiger partial charge in [0, 0.05) is 23.5 Å². The molecule has 0 amide bonds. The fourth-order valence-corrected chi connectivity index (χ4v) is 3.98. The molecule has 4 aromatic heterocycles. The molecule has 0 aromatic carbocycles. The lowest BCUT2D eigenvalue weighted by Crippen LogP contribution is -2.20. The van der Waals surface area contributed by atoms with Crippen LogP contribution in [0.2, 0.25) is 5.02 Å². The van der Waals surface area contributed by atoms with Crippen LogP contribution in [0, 0.1) is 0 Å². The summed E-state index contributed by atoms with van der Waals surface area (Å²) in [6, 6.07) is 4.87. The van der Waals surface area contributed by atoms with Crippen molar-refractivity contribution in [1.29, 1.82) is 0 Å². The Morgan fingerprint density at radius 2 is 2.04 bits per heavy atom. The molecule has 0 fully saturated rings. The zero-order chi connectivity index (χ0) is 19.2. The molecule has 0 unspecified atom stereocenters. The maximum Gasteiger partial charge on any atom is 0.490 e.